The molecule has 9 heteroatoms. The molecule has 3 heterocycles. The molecule has 3 aromatic rings. The quantitative estimate of drug-likeness (QED) is 0.570. The Morgan fingerprint density at radius 3 is 2.95 bits per heavy atom. The number of hydrogen-bond donors (Lipinski definition) is 1. The lowest BCUT2D eigenvalue weighted by molar-refractivity contribution is -0.388. The van der Waals surface area contributed by atoms with Crippen LogP contribution in [0.25, 0.3) is 10.2 Å². The zero-order chi connectivity index (χ0) is 15.7. The molecule has 22 heavy (non-hydrogen) atoms. The number of nitrogens with one attached hydrogen (secondary N) is 1. The molecule has 7 nitrogen and oxygen atoms in total. The standard InChI is InChI=1S/C13H9ClN4O3S/c1-15-11-10(14)9(6-16-12(11)18(19)20)21-8-4-7-2-3-22-13(7)17-5-8/h2-6,15H,1H3. The van der Waals surface area contributed by atoms with Crippen LogP contribution in [-0.2, 0) is 0 Å². The van der Waals surface area contributed by atoms with Crippen LogP contribution in [0.5, 0.6) is 11.5 Å². The number of thiophene rings is 1. The van der Waals surface area contributed by atoms with Crippen LogP contribution in [0.3, 0.4) is 0 Å². The highest BCUT2D eigenvalue weighted by Crippen LogP contribution is 2.39. The van der Waals surface area contributed by atoms with Crippen LogP contribution in [0.15, 0.2) is 29.9 Å². The highest BCUT2D eigenvalue weighted by atomic mass is 35.5. The smallest absolute Gasteiger partial charge is 0.388 e. The van der Waals surface area contributed by atoms with Gasteiger partial charge >= 0.3 is 5.82 Å². The van der Waals surface area contributed by atoms with Crippen molar-refractivity contribution in [2.45, 2.75) is 0 Å². The maximum Gasteiger partial charge on any atom is 0.388 e. The first-order chi connectivity index (χ1) is 10.6. The van der Waals surface area contributed by atoms with Gasteiger partial charge in [0.15, 0.2) is 17.6 Å². The van der Waals surface area contributed by atoms with Crippen LogP contribution in [0.4, 0.5) is 11.5 Å². The second-order valence-electron chi connectivity index (χ2n) is 4.23. The lowest BCUT2D eigenvalue weighted by Gasteiger charge is -2.09. The predicted octanol–water partition coefficient (Wildman–Crippen LogP) is 4.09. The van der Waals surface area contributed by atoms with E-state index in [2.05, 4.69) is 15.3 Å². The highest BCUT2D eigenvalue weighted by molar-refractivity contribution is 7.16. The summed E-state index contributed by atoms with van der Waals surface area (Å²) in [5, 5.41) is 16.6. The number of nitrogens with zero attached hydrogens (tertiary/aromatic N) is 3. The lowest BCUT2D eigenvalue weighted by atomic mass is 10.3. The summed E-state index contributed by atoms with van der Waals surface area (Å²) in [6, 6.07) is 3.74. The van der Waals surface area contributed by atoms with Gasteiger partial charge < -0.3 is 20.2 Å². The Balaban J connectivity index is 1.99. The van der Waals surface area contributed by atoms with Crippen molar-refractivity contribution in [1.29, 1.82) is 0 Å². The van der Waals surface area contributed by atoms with Crippen LogP contribution in [-0.4, -0.2) is 21.9 Å². The molecule has 0 saturated heterocycles. The van der Waals surface area contributed by atoms with E-state index in [4.69, 9.17) is 16.3 Å². The van der Waals surface area contributed by atoms with E-state index in [0.717, 1.165) is 10.2 Å². The summed E-state index contributed by atoms with van der Waals surface area (Å²) in [4.78, 5) is 19.2. The molecule has 0 aromatic carbocycles. The average Bonchev–Trinajstić information content (AvgIpc) is 2.96. The number of anilines is 1. The molecule has 0 radical (unpaired) electrons. The van der Waals surface area contributed by atoms with Crippen molar-refractivity contribution in [2.24, 2.45) is 0 Å². The van der Waals surface area contributed by atoms with Crippen molar-refractivity contribution in [3.8, 4) is 11.5 Å². The normalized spacial score (nSPS) is 10.6. The van der Waals surface area contributed by atoms with E-state index in [1.807, 2.05) is 17.5 Å². The first-order valence-electron chi connectivity index (χ1n) is 6.12. The summed E-state index contributed by atoms with van der Waals surface area (Å²) in [6.45, 7) is 0. The second kappa shape index (κ2) is 5.74. The number of nitro groups is 1. The first-order valence-corrected chi connectivity index (χ1v) is 7.37. The SMILES string of the molecule is CNc1c([N+](=O)[O-])ncc(Oc2cnc3sccc3c2)c1Cl. The third-order valence-corrected chi connectivity index (χ3v) is 4.11. The summed E-state index contributed by atoms with van der Waals surface area (Å²) in [7, 11) is 1.53. The number of ether oxygens (including phenoxy) is 1. The van der Waals surface area contributed by atoms with Crippen molar-refractivity contribution in [1.82, 2.24) is 9.97 Å². The number of halogens is 1. The fraction of sp³-hybridized carbons (Fsp3) is 0.0769. The van der Waals surface area contributed by atoms with E-state index in [1.54, 1.807) is 6.20 Å². The fourth-order valence-electron chi connectivity index (χ4n) is 1.91. The molecular weight excluding hydrogens is 328 g/mol. The van der Waals surface area contributed by atoms with Gasteiger partial charge in [-0.3, -0.25) is 0 Å². The van der Waals surface area contributed by atoms with E-state index in [1.165, 1.54) is 24.6 Å². The third kappa shape index (κ3) is 2.53. The van der Waals surface area contributed by atoms with E-state index >= 15 is 0 Å². The fourth-order valence-corrected chi connectivity index (χ4v) is 2.90. The van der Waals surface area contributed by atoms with Crippen LogP contribution < -0.4 is 10.1 Å². The third-order valence-electron chi connectivity index (χ3n) is 2.90. The monoisotopic (exact) mass is 336 g/mol. The van der Waals surface area contributed by atoms with Crippen molar-refractivity contribution >= 4 is 44.7 Å². The Morgan fingerprint density at radius 2 is 2.23 bits per heavy atom. The molecule has 3 aromatic heterocycles. The molecule has 3 rings (SSSR count). The van der Waals surface area contributed by atoms with Gasteiger partial charge in [0, 0.05) is 12.4 Å². The van der Waals surface area contributed by atoms with E-state index in [9.17, 15) is 10.1 Å². The van der Waals surface area contributed by atoms with E-state index in [-0.39, 0.29) is 22.3 Å². The number of pyridine rings is 2. The van der Waals surface area contributed by atoms with Gasteiger partial charge in [-0.25, -0.2) is 4.98 Å². The van der Waals surface area contributed by atoms with Crippen LogP contribution >= 0.6 is 22.9 Å². The molecule has 0 fully saturated rings. The Kier molecular flexibility index (Phi) is 3.78. The lowest BCUT2D eigenvalue weighted by Crippen LogP contribution is -2.01. The molecule has 0 unspecified atom stereocenters. The average molecular weight is 337 g/mol. The molecule has 0 aliphatic heterocycles. The van der Waals surface area contributed by atoms with E-state index in [0.29, 0.717) is 5.75 Å². The van der Waals surface area contributed by atoms with Gasteiger partial charge in [-0.05, 0) is 27.4 Å². The minimum absolute atomic E-state index is 0.0922. The zero-order valence-electron chi connectivity index (χ0n) is 11.2. The van der Waals surface area contributed by atoms with Gasteiger partial charge in [0.2, 0.25) is 0 Å². The highest BCUT2D eigenvalue weighted by Gasteiger charge is 2.22. The maximum absolute atomic E-state index is 10.9. The molecule has 0 amide bonds. The number of hydrogen-bond acceptors (Lipinski definition) is 7. The number of rotatable bonds is 4. The van der Waals surface area contributed by atoms with Gasteiger partial charge in [-0.15, -0.1) is 11.3 Å². The minimum atomic E-state index is -0.611. The summed E-state index contributed by atoms with van der Waals surface area (Å²) in [6.07, 6.45) is 2.79. The van der Waals surface area contributed by atoms with Crippen LogP contribution in [0, 0.1) is 10.1 Å². The molecule has 0 atom stereocenters. The van der Waals surface area contributed by atoms with Crippen molar-refractivity contribution in [2.75, 3.05) is 12.4 Å². The Labute approximate surface area is 133 Å². The molecule has 0 spiro atoms. The second-order valence-corrected chi connectivity index (χ2v) is 5.50. The topological polar surface area (TPSA) is 90.2 Å². The number of fused-ring (bicyclic) bond motifs is 1. The van der Waals surface area contributed by atoms with E-state index < -0.39 is 4.92 Å². The van der Waals surface area contributed by atoms with Crippen molar-refractivity contribution in [3.05, 3.63) is 45.0 Å². The van der Waals surface area contributed by atoms with Gasteiger partial charge in [0.1, 0.15) is 15.6 Å². The largest absolute Gasteiger partial charge is 0.450 e. The van der Waals surface area contributed by atoms with Crippen molar-refractivity contribution < 1.29 is 9.66 Å². The molecule has 0 aliphatic rings. The summed E-state index contributed by atoms with van der Waals surface area (Å²) in [5.41, 5.74) is 0.105. The molecule has 0 bridgehead atoms. The van der Waals surface area contributed by atoms with Crippen LogP contribution in [0.2, 0.25) is 5.02 Å². The molecular formula is C13H9ClN4O3S. The Bertz CT molecular complexity index is 868. The minimum Gasteiger partial charge on any atom is -0.450 e. The van der Waals surface area contributed by atoms with Crippen molar-refractivity contribution in [3.63, 3.8) is 0 Å². The summed E-state index contributed by atoms with van der Waals surface area (Å²) in [5.74, 6) is 0.338. The Hall–Kier alpha value is -2.45. The zero-order valence-corrected chi connectivity index (χ0v) is 12.8. The molecule has 0 saturated carbocycles. The van der Waals surface area contributed by atoms with Gasteiger partial charge in [0.05, 0.1) is 6.20 Å². The predicted molar refractivity (Wildman–Crippen MR) is 85.1 cm³/mol. The summed E-state index contributed by atoms with van der Waals surface area (Å²) < 4.78 is 5.65. The first kappa shape index (κ1) is 14.5. The molecule has 0 aliphatic carbocycles. The van der Waals surface area contributed by atoms with Crippen LogP contribution in [0.1, 0.15) is 0 Å². The van der Waals surface area contributed by atoms with Gasteiger partial charge in [-0.2, -0.15) is 0 Å². The van der Waals surface area contributed by atoms with Gasteiger partial charge in [0.25, 0.3) is 0 Å². The van der Waals surface area contributed by atoms with Gasteiger partial charge in [-0.1, -0.05) is 11.6 Å². The molecule has 112 valence electrons. The summed E-state index contributed by atoms with van der Waals surface area (Å²) >= 11 is 7.68. The maximum atomic E-state index is 10.9. The Morgan fingerprint density at radius 1 is 1.41 bits per heavy atom. The number of aromatic nitrogens is 2. The molecule has 1 N–H and O–H groups in total.